The molecule has 0 aliphatic heterocycles. The fourth-order valence-corrected chi connectivity index (χ4v) is 2.54. The molecule has 0 saturated carbocycles. The number of halogens is 3. The molecule has 1 N–H and O–H groups in total. The number of hydrogen-bond acceptors (Lipinski definition) is 3. The third-order valence-corrected chi connectivity index (χ3v) is 3.34. The van der Waals surface area contributed by atoms with Gasteiger partial charge in [-0.1, -0.05) is 0 Å². The molecule has 0 bridgehead atoms. The smallest absolute Gasteiger partial charge is 0.387 e. The third-order valence-electron chi connectivity index (χ3n) is 2.17. The van der Waals surface area contributed by atoms with Gasteiger partial charge >= 0.3 is 6.18 Å². The first kappa shape index (κ1) is 9.92. The Balaban J connectivity index is 2.40. The molecule has 14 heavy (non-hydrogen) atoms. The summed E-state index contributed by atoms with van der Waals surface area (Å²) in [6.45, 7) is 0. The number of nitrogens with zero attached hydrogens (tertiary/aromatic N) is 1. The lowest BCUT2D eigenvalue weighted by atomic mass is 10.0. The second-order valence-corrected chi connectivity index (χ2v) is 4.32. The van der Waals surface area contributed by atoms with Crippen LogP contribution in [0.3, 0.4) is 0 Å². The van der Waals surface area contributed by atoms with Crippen LogP contribution in [0, 0.1) is 0 Å². The van der Waals surface area contributed by atoms with Gasteiger partial charge in [0.15, 0.2) is 5.01 Å². The number of hydrogen-bond donors (Lipinski definition) is 1. The molecule has 1 unspecified atom stereocenters. The van der Waals surface area contributed by atoms with Crippen LogP contribution < -0.4 is 0 Å². The molecule has 0 fully saturated rings. The monoisotopic (exact) mass is 223 g/mol. The van der Waals surface area contributed by atoms with E-state index in [4.69, 9.17) is 0 Å². The molecule has 1 aromatic rings. The first-order chi connectivity index (χ1) is 6.48. The molecule has 6 heteroatoms. The largest absolute Gasteiger partial charge is 0.443 e. The SMILES string of the molecule is OC1CCCc2sc(C(F)(F)F)nc21. The molecule has 2 rings (SSSR count). The van der Waals surface area contributed by atoms with Gasteiger partial charge in [0, 0.05) is 4.88 Å². The minimum Gasteiger partial charge on any atom is -0.387 e. The van der Waals surface area contributed by atoms with Gasteiger partial charge in [0.05, 0.1) is 11.8 Å². The summed E-state index contributed by atoms with van der Waals surface area (Å²) < 4.78 is 36.8. The van der Waals surface area contributed by atoms with Crippen LogP contribution in [0.1, 0.15) is 34.5 Å². The van der Waals surface area contributed by atoms with E-state index in [1.807, 2.05) is 0 Å². The standard InChI is InChI=1S/C8H8F3NOS/c9-8(10,11)7-12-6-4(13)2-1-3-5(6)14-7/h4,13H,1-3H2. The van der Waals surface area contributed by atoms with Gasteiger partial charge in [-0.2, -0.15) is 13.2 Å². The molecule has 0 amide bonds. The van der Waals surface area contributed by atoms with Crippen LogP contribution in [0.5, 0.6) is 0 Å². The first-order valence-corrected chi connectivity index (χ1v) is 5.05. The zero-order chi connectivity index (χ0) is 10.3. The fourth-order valence-electron chi connectivity index (χ4n) is 1.52. The van der Waals surface area contributed by atoms with E-state index >= 15 is 0 Å². The molecule has 1 aliphatic carbocycles. The van der Waals surface area contributed by atoms with Gasteiger partial charge in [-0.15, -0.1) is 11.3 Å². The average Bonchev–Trinajstić information content (AvgIpc) is 2.48. The Morgan fingerprint density at radius 1 is 1.43 bits per heavy atom. The van der Waals surface area contributed by atoms with Crippen LogP contribution in [0.25, 0.3) is 0 Å². The van der Waals surface area contributed by atoms with Crippen LogP contribution in [0.4, 0.5) is 13.2 Å². The maximum Gasteiger partial charge on any atom is 0.443 e. The van der Waals surface area contributed by atoms with Crippen molar-refractivity contribution >= 4 is 11.3 Å². The van der Waals surface area contributed by atoms with E-state index in [0.29, 0.717) is 29.1 Å². The van der Waals surface area contributed by atoms with Crippen molar-refractivity contribution in [3.05, 3.63) is 15.6 Å². The zero-order valence-corrected chi connectivity index (χ0v) is 7.95. The molecular formula is C8H8F3NOS. The first-order valence-electron chi connectivity index (χ1n) is 4.23. The summed E-state index contributed by atoms with van der Waals surface area (Å²) in [5.41, 5.74) is 0.230. The Kier molecular flexibility index (Phi) is 2.27. The summed E-state index contributed by atoms with van der Waals surface area (Å²) in [5, 5.41) is 8.57. The van der Waals surface area contributed by atoms with Crippen molar-refractivity contribution in [1.29, 1.82) is 0 Å². The van der Waals surface area contributed by atoms with Crippen molar-refractivity contribution < 1.29 is 18.3 Å². The summed E-state index contributed by atoms with van der Waals surface area (Å²) in [5.74, 6) is 0. The second kappa shape index (κ2) is 3.20. The number of aromatic nitrogens is 1. The summed E-state index contributed by atoms with van der Waals surface area (Å²) in [6.07, 6.45) is -3.37. The highest BCUT2D eigenvalue weighted by atomic mass is 32.1. The van der Waals surface area contributed by atoms with E-state index in [-0.39, 0.29) is 5.69 Å². The van der Waals surface area contributed by atoms with Crippen molar-refractivity contribution in [1.82, 2.24) is 4.98 Å². The molecule has 1 heterocycles. The number of aryl methyl sites for hydroxylation is 1. The van der Waals surface area contributed by atoms with Crippen molar-refractivity contribution in [2.45, 2.75) is 31.5 Å². The molecule has 0 radical (unpaired) electrons. The number of aliphatic hydroxyl groups is 1. The molecule has 1 atom stereocenters. The van der Waals surface area contributed by atoms with Crippen LogP contribution in [0.2, 0.25) is 0 Å². The van der Waals surface area contributed by atoms with Gasteiger partial charge in [0.25, 0.3) is 0 Å². The number of aliphatic hydroxyl groups excluding tert-OH is 1. The van der Waals surface area contributed by atoms with E-state index in [1.54, 1.807) is 0 Å². The van der Waals surface area contributed by atoms with Gasteiger partial charge in [-0.05, 0) is 19.3 Å². The van der Waals surface area contributed by atoms with Gasteiger partial charge in [-0.3, -0.25) is 0 Å². The molecule has 1 aromatic heterocycles. The van der Waals surface area contributed by atoms with Crippen LogP contribution in [0.15, 0.2) is 0 Å². The summed E-state index contributed by atoms with van der Waals surface area (Å²) in [6, 6.07) is 0. The average molecular weight is 223 g/mol. The summed E-state index contributed by atoms with van der Waals surface area (Å²) in [4.78, 5) is 4.03. The molecule has 1 aliphatic rings. The van der Waals surface area contributed by atoms with E-state index in [1.165, 1.54) is 0 Å². The Hall–Kier alpha value is -0.620. The molecule has 78 valence electrons. The Labute approximate surface area is 82.4 Å². The van der Waals surface area contributed by atoms with E-state index in [2.05, 4.69) is 4.98 Å². The minimum atomic E-state index is -4.39. The fraction of sp³-hybridized carbons (Fsp3) is 0.625. The van der Waals surface area contributed by atoms with Crippen molar-refractivity contribution in [2.24, 2.45) is 0 Å². The quantitative estimate of drug-likeness (QED) is 0.733. The number of thiazole rings is 1. The third kappa shape index (κ3) is 1.64. The van der Waals surface area contributed by atoms with Crippen LogP contribution >= 0.6 is 11.3 Å². The minimum absolute atomic E-state index is 0.230. The molecular weight excluding hydrogens is 215 g/mol. The molecule has 2 nitrogen and oxygen atoms in total. The van der Waals surface area contributed by atoms with Crippen LogP contribution in [-0.2, 0) is 12.6 Å². The Morgan fingerprint density at radius 2 is 2.14 bits per heavy atom. The maximum absolute atomic E-state index is 12.3. The lowest BCUT2D eigenvalue weighted by Gasteiger charge is -2.14. The van der Waals surface area contributed by atoms with E-state index < -0.39 is 17.3 Å². The highest BCUT2D eigenvalue weighted by Crippen LogP contribution is 2.39. The van der Waals surface area contributed by atoms with E-state index in [9.17, 15) is 18.3 Å². The van der Waals surface area contributed by atoms with Gasteiger partial charge in [-0.25, -0.2) is 4.98 Å². The number of rotatable bonds is 0. The van der Waals surface area contributed by atoms with Crippen molar-refractivity contribution in [2.75, 3.05) is 0 Å². The lowest BCUT2D eigenvalue weighted by molar-refractivity contribution is -0.137. The number of fused-ring (bicyclic) bond motifs is 1. The second-order valence-electron chi connectivity index (χ2n) is 3.23. The van der Waals surface area contributed by atoms with Gasteiger partial charge < -0.3 is 5.11 Å². The highest BCUT2D eigenvalue weighted by Gasteiger charge is 2.37. The van der Waals surface area contributed by atoms with Gasteiger partial charge in [0.1, 0.15) is 0 Å². The Bertz CT molecular complexity index is 347. The normalized spacial score (nSPS) is 22.1. The topological polar surface area (TPSA) is 33.1 Å². The summed E-state index contributed by atoms with van der Waals surface area (Å²) in [7, 11) is 0. The maximum atomic E-state index is 12.3. The predicted molar refractivity (Wildman–Crippen MR) is 45.0 cm³/mol. The lowest BCUT2D eigenvalue weighted by Crippen LogP contribution is -2.08. The predicted octanol–water partition coefficient (Wildman–Crippen LogP) is 2.53. The summed E-state index contributed by atoms with van der Waals surface area (Å²) >= 11 is 0.650. The van der Waals surface area contributed by atoms with Crippen molar-refractivity contribution in [3.8, 4) is 0 Å². The zero-order valence-electron chi connectivity index (χ0n) is 7.14. The molecule has 0 saturated heterocycles. The highest BCUT2D eigenvalue weighted by molar-refractivity contribution is 7.11. The van der Waals surface area contributed by atoms with Gasteiger partial charge in [0.2, 0.25) is 0 Å². The van der Waals surface area contributed by atoms with Crippen molar-refractivity contribution in [3.63, 3.8) is 0 Å². The van der Waals surface area contributed by atoms with E-state index in [0.717, 1.165) is 6.42 Å². The van der Waals surface area contributed by atoms with Crippen LogP contribution in [-0.4, -0.2) is 10.1 Å². The number of alkyl halides is 3. The molecule has 0 aromatic carbocycles. The molecule has 0 spiro atoms. The Morgan fingerprint density at radius 3 is 2.71 bits per heavy atom.